The van der Waals surface area contributed by atoms with Gasteiger partial charge in [0.15, 0.2) is 0 Å². The van der Waals surface area contributed by atoms with Crippen molar-refractivity contribution in [2.75, 3.05) is 49.2 Å². The predicted octanol–water partition coefficient (Wildman–Crippen LogP) is 6.63. The fourth-order valence-electron chi connectivity index (χ4n) is 5.76. The van der Waals surface area contributed by atoms with Crippen LogP contribution in [0.2, 0.25) is 0 Å². The lowest BCUT2D eigenvalue weighted by molar-refractivity contribution is 0.0516. The number of nitrogen functional groups attached to an aromatic ring is 1. The minimum Gasteiger partial charge on any atom is -0.497 e. The van der Waals surface area contributed by atoms with Gasteiger partial charge in [-0.1, -0.05) is 18.2 Å². The number of nitrogens with zero attached hydrogens (tertiary/aromatic N) is 2. The van der Waals surface area contributed by atoms with E-state index in [-0.39, 0.29) is 23.6 Å². The number of hydrogen-bond acceptors (Lipinski definition) is 11. The summed E-state index contributed by atoms with van der Waals surface area (Å²) in [5, 5.41) is 20.5. The Hall–Kier alpha value is -6.20. The molecule has 0 aliphatic carbocycles. The lowest BCUT2D eigenvalue weighted by atomic mass is 9.84. The van der Waals surface area contributed by atoms with Crippen LogP contribution in [0.5, 0.6) is 17.2 Å². The number of benzene rings is 4. The van der Waals surface area contributed by atoms with Crippen molar-refractivity contribution in [2.24, 2.45) is 0 Å². The van der Waals surface area contributed by atoms with Gasteiger partial charge in [-0.3, -0.25) is 4.90 Å². The Bertz CT molecular complexity index is 1960. The summed E-state index contributed by atoms with van der Waals surface area (Å²) in [6.45, 7) is 1.81. The number of esters is 1. The average molecular weight is 660 g/mol. The highest BCUT2D eigenvalue weighted by atomic mass is 16.5. The van der Waals surface area contributed by atoms with Gasteiger partial charge in [0, 0.05) is 28.0 Å². The maximum atomic E-state index is 13.6. The smallest absolute Gasteiger partial charge is 0.342 e. The monoisotopic (exact) mass is 659 g/mol. The SMILES string of the molecule is CCOC(=O)c1c(N)nc2ccccc2c1C1(O)C=C(Nc2ccc(OC)cc2)N(c2ccc(OC)cc2)C(Nc2ccc(OC)cc2)=C1. The Morgan fingerprint density at radius 2 is 1.27 bits per heavy atom. The number of carbonyl (C=O) groups excluding carboxylic acids is 1. The lowest BCUT2D eigenvalue weighted by Gasteiger charge is -2.39. The minimum atomic E-state index is -1.93. The number of para-hydroxylation sites is 1. The Morgan fingerprint density at radius 1 is 0.776 bits per heavy atom. The number of anilines is 4. The van der Waals surface area contributed by atoms with Crippen molar-refractivity contribution in [3.8, 4) is 17.2 Å². The number of methoxy groups -OCH3 is 3. The van der Waals surface area contributed by atoms with Crippen LogP contribution in [-0.4, -0.2) is 44.0 Å². The van der Waals surface area contributed by atoms with E-state index < -0.39 is 11.6 Å². The van der Waals surface area contributed by atoms with Crippen molar-refractivity contribution < 1.29 is 28.8 Å². The minimum absolute atomic E-state index is 0.0268. The summed E-state index contributed by atoms with van der Waals surface area (Å²) < 4.78 is 21.6. The quantitative estimate of drug-likeness (QED) is 0.114. The topological polar surface area (TPSA) is 140 Å². The summed E-state index contributed by atoms with van der Waals surface area (Å²) >= 11 is 0. The number of aromatic nitrogens is 1. The molecule has 0 saturated heterocycles. The lowest BCUT2D eigenvalue weighted by Crippen LogP contribution is -2.40. The van der Waals surface area contributed by atoms with Gasteiger partial charge in [0.25, 0.3) is 0 Å². The van der Waals surface area contributed by atoms with Gasteiger partial charge in [-0.25, -0.2) is 9.78 Å². The second kappa shape index (κ2) is 13.9. The van der Waals surface area contributed by atoms with Gasteiger partial charge < -0.3 is 40.4 Å². The molecule has 1 aliphatic heterocycles. The van der Waals surface area contributed by atoms with Gasteiger partial charge in [0.05, 0.1) is 33.5 Å². The second-order valence-corrected chi connectivity index (χ2v) is 11.1. The van der Waals surface area contributed by atoms with E-state index in [0.29, 0.717) is 51.2 Å². The summed E-state index contributed by atoms with van der Waals surface area (Å²) in [7, 11) is 4.81. The highest BCUT2D eigenvalue weighted by Gasteiger charge is 2.40. The number of fused-ring (bicyclic) bond motifs is 1. The zero-order valence-electron chi connectivity index (χ0n) is 27.6. The molecule has 6 rings (SSSR count). The number of pyridine rings is 1. The normalized spacial score (nSPS) is 13.6. The van der Waals surface area contributed by atoms with Crippen molar-refractivity contribution >= 4 is 39.8 Å². The largest absolute Gasteiger partial charge is 0.497 e. The van der Waals surface area contributed by atoms with E-state index in [9.17, 15) is 9.90 Å². The van der Waals surface area contributed by atoms with Gasteiger partial charge in [0.2, 0.25) is 0 Å². The molecule has 5 N–H and O–H groups in total. The zero-order chi connectivity index (χ0) is 34.5. The molecule has 2 heterocycles. The zero-order valence-corrected chi connectivity index (χ0v) is 27.6. The number of rotatable bonds is 11. The van der Waals surface area contributed by atoms with E-state index in [1.807, 2.05) is 89.8 Å². The van der Waals surface area contributed by atoms with Gasteiger partial charge >= 0.3 is 5.97 Å². The van der Waals surface area contributed by atoms with Crippen LogP contribution in [0.1, 0.15) is 22.8 Å². The van der Waals surface area contributed by atoms with E-state index in [2.05, 4.69) is 15.6 Å². The maximum absolute atomic E-state index is 13.6. The van der Waals surface area contributed by atoms with Crippen LogP contribution in [0.3, 0.4) is 0 Å². The highest BCUT2D eigenvalue weighted by Crippen LogP contribution is 2.43. The molecule has 0 amide bonds. The van der Waals surface area contributed by atoms with Gasteiger partial charge in [0.1, 0.15) is 45.9 Å². The summed E-state index contributed by atoms with van der Waals surface area (Å²) in [5.74, 6) is 2.22. The first-order valence-electron chi connectivity index (χ1n) is 15.6. The van der Waals surface area contributed by atoms with Crippen LogP contribution < -0.4 is 35.5 Å². The van der Waals surface area contributed by atoms with Crippen LogP contribution in [0.4, 0.5) is 22.9 Å². The molecule has 0 unspecified atom stereocenters. The van der Waals surface area contributed by atoms with Gasteiger partial charge in [-0.05, 0) is 97.9 Å². The summed E-state index contributed by atoms with van der Waals surface area (Å²) in [4.78, 5) is 20.0. The molecule has 250 valence electrons. The second-order valence-electron chi connectivity index (χ2n) is 11.1. The third-order valence-electron chi connectivity index (χ3n) is 8.05. The van der Waals surface area contributed by atoms with Crippen LogP contribution >= 0.6 is 0 Å². The van der Waals surface area contributed by atoms with Crippen LogP contribution in [0, 0.1) is 0 Å². The molecule has 0 fully saturated rings. The molecule has 0 bridgehead atoms. The molecule has 0 radical (unpaired) electrons. The fraction of sp³-hybridized carbons (Fsp3) is 0.158. The number of carbonyl (C=O) groups is 1. The van der Waals surface area contributed by atoms with Crippen molar-refractivity contribution in [2.45, 2.75) is 12.5 Å². The van der Waals surface area contributed by atoms with E-state index in [1.54, 1.807) is 52.5 Å². The van der Waals surface area contributed by atoms with E-state index in [1.165, 1.54) is 0 Å². The number of hydrogen-bond donors (Lipinski definition) is 4. The molecule has 4 aromatic carbocycles. The van der Waals surface area contributed by atoms with Gasteiger partial charge in [-0.15, -0.1) is 0 Å². The summed E-state index contributed by atoms with van der Waals surface area (Å²) in [6.07, 6.45) is 3.29. The first-order chi connectivity index (χ1) is 23.8. The third kappa shape index (κ3) is 6.65. The van der Waals surface area contributed by atoms with E-state index in [4.69, 9.17) is 24.7 Å². The first kappa shape index (κ1) is 32.7. The maximum Gasteiger partial charge on any atom is 0.342 e. The standard InChI is InChI=1S/C38H37N5O6/c1-5-49-37(44)34-35(30-8-6-7-9-31(30)42-36(34)39)38(45)22-32(40-24-10-16-27(46-2)17-11-24)43(26-14-20-29(48-4)21-15-26)33(23-38)41-25-12-18-28(47-3)19-13-25/h6-23,40-41,45H,5H2,1-4H3,(H2,39,42). The predicted molar refractivity (Wildman–Crippen MR) is 191 cm³/mol. The molecule has 5 aromatic rings. The molecule has 0 atom stereocenters. The highest BCUT2D eigenvalue weighted by molar-refractivity contribution is 6.03. The molecule has 49 heavy (non-hydrogen) atoms. The molecular formula is C38H37N5O6. The van der Waals surface area contributed by atoms with Crippen LogP contribution in [-0.2, 0) is 10.3 Å². The average Bonchev–Trinajstić information content (AvgIpc) is 3.12. The van der Waals surface area contributed by atoms with Crippen molar-refractivity contribution in [3.05, 3.63) is 132 Å². The molecule has 11 nitrogen and oxygen atoms in total. The van der Waals surface area contributed by atoms with E-state index in [0.717, 1.165) is 5.69 Å². The molecule has 0 spiro atoms. The first-order valence-corrected chi connectivity index (χ1v) is 15.6. The number of aliphatic hydroxyl groups is 1. The summed E-state index contributed by atoms with van der Waals surface area (Å²) in [6, 6.07) is 29.5. The molecular weight excluding hydrogens is 622 g/mol. The van der Waals surface area contributed by atoms with Crippen molar-refractivity contribution in [1.29, 1.82) is 0 Å². The third-order valence-corrected chi connectivity index (χ3v) is 8.05. The summed E-state index contributed by atoms with van der Waals surface area (Å²) in [5.41, 5.74) is 7.41. The molecule has 11 heteroatoms. The Kier molecular flexibility index (Phi) is 9.27. The number of nitrogens with two attached hydrogens (primary N) is 1. The Balaban J connectivity index is 1.62. The number of nitrogens with one attached hydrogen (secondary N) is 2. The van der Waals surface area contributed by atoms with Crippen LogP contribution in [0.25, 0.3) is 10.9 Å². The van der Waals surface area contributed by atoms with Gasteiger partial charge in [-0.2, -0.15) is 0 Å². The molecule has 0 saturated carbocycles. The Labute approximate surface area is 284 Å². The Morgan fingerprint density at radius 3 is 1.76 bits per heavy atom. The van der Waals surface area contributed by atoms with Crippen molar-refractivity contribution in [1.82, 2.24) is 4.98 Å². The molecule has 1 aliphatic rings. The number of ether oxygens (including phenoxy) is 4. The van der Waals surface area contributed by atoms with E-state index >= 15 is 0 Å². The van der Waals surface area contributed by atoms with Crippen LogP contribution in [0.15, 0.2) is 121 Å². The van der Waals surface area contributed by atoms with Crippen molar-refractivity contribution in [3.63, 3.8) is 0 Å². The fourth-order valence-corrected chi connectivity index (χ4v) is 5.76. The molecule has 1 aromatic heterocycles.